The molecule has 0 bridgehead atoms. The van der Waals surface area contributed by atoms with Gasteiger partial charge in [0.05, 0.1) is 30.4 Å². The summed E-state index contributed by atoms with van der Waals surface area (Å²) in [6.07, 6.45) is 0. The molecule has 2 amide bonds. The van der Waals surface area contributed by atoms with Crippen molar-refractivity contribution in [2.75, 3.05) is 26.0 Å². The molecule has 0 fully saturated rings. The molecule has 5 rings (SSSR count). The Balaban J connectivity index is 1.47. The number of pyridine rings is 1. The number of nitrogens with zero attached hydrogens (tertiary/aromatic N) is 3. The maximum Gasteiger partial charge on any atom is 0.254 e. The summed E-state index contributed by atoms with van der Waals surface area (Å²) in [6, 6.07) is 22.8. The van der Waals surface area contributed by atoms with E-state index in [1.165, 1.54) is 4.90 Å². The van der Waals surface area contributed by atoms with Gasteiger partial charge in [0.25, 0.3) is 5.91 Å². The molecule has 0 atom stereocenters. The second-order valence-corrected chi connectivity index (χ2v) is 8.53. The minimum Gasteiger partial charge on any atom is -0.497 e. The zero-order valence-electron chi connectivity index (χ0n) is 20.1. The Morgan fingerprint density at radius 3 is 2.56 bits per heavy atom. The number of aromatic nitrogens is 2. The van der Waals surface area contributed by atoms with Crippen molar-refractivity contribution in [3.63, 3.8) is 0 Å². The van der Waals surface area contributed by atoms with E-state index < -0.39 is 0 Å². The lowest BCUT2D eigenvalue weighted by Gasteiger charge is -2.18. The van der Waals surface area contributed by atoms with Crippen LogP contribution >= 0.6 is 0 Å². The third-order valence-electron chi connectivity index (χ3n) is 5.91. The van der Waals surface area contributed by atoms with Gasteiger partial charge in [-0.15, -0.1) is 0 Å². The number of amides is 2. The van der Waals surface area contributed by atoms with E-state index in [-0.39, 0.29) is 18.4 Å². The lowest BCUT2D eigenvalue weighted by molar-refractivity contribution is -0.116. The van der Waals surface area contributed by atoms with Gasteiger partial charge in [-0.25, -0.2) is 4.98 Å². The number of para-hydroxylation sites is 1. The Morgan fingerprint density at radius 1 is 1.00 bits per heavy atom. The molecule has 0 aliphatic heterocycles. The largest absolute Gasteiger partial charge is 0.497 e. The number of rotatable bonds is 6. The average Bonchev–Trinajstić information content (AvgIpc) is 3.30. The van der Waals surface area contributed by atoms with Crippen LogP contribution in [-0.4, -0.2) is 47.6 Å². The van der Waals surface area contributed by atoms with E-state index in [2.05, 4.69) is 10.5 Å². The summed E-state index contributed by atoms with van der Waals surface area (Å²) in [4.78, 5) is 32.2. The summed E-state index contributed by atoms with van der Waals surface area (Å²) in [5.41, 5.74) is 2.72. The van der Waals surface area contributed by atoms with Gasteiger partial charge < -0.3 is 19.5 Å². The minimum absolute atomic E-state index is 0.144. The molecular weight excluding hydrogens is 456 g/mol. The third-order valence-corrected chi connectivity index (χ3v) is 5.91. The van der Waals surface area contributed by atoms with Crippen LogP contribution in [0.15, 0.2) is 77.3 Å². The van der Waals surface area contributed by atoms with E-state index in [4.69, 9.17) is 14.2 Å². The van der Waals surface area contributed by atoms with Crippen LogP contribution in [0.25, 0.3) is 32.9 Å². The number of likely N-dealkylation sites (N-methyl/N-ethyl adjacent to an activating group) is 1. The molecule has 0 saturated carbocycles. The van der Waals surface area contributed by atoms with Crippen LogP contribution in [0.1, 0.15) is 16.1 Å². The third kappa shape index (κ3) is 4.61. The number of hydrogen-bond donors (Lipinski definition) is 1. The van der Waals surface area contributed by atoms with Crippen LogP contribution in [0.2, 0.25) is 0 Å². The summed E-state index contributed by atoms with van der Waals surface area (Å²) >= 11 is 0. The van der Waals surface area contributed by atoms with E-state index in [0.29, 0.717) is 28.4 Å². The molecule has 5 aromatic rings. The van der Waals surface area contributed by atoms with Gasteiger partial charge in [-0.05, 0) is 48.0 Å². The normalized spacial score (nSPS) is 11.0. The quantitative estimate of drug-likeness (QED) is 0.364. The summed E-state index contributed by atoms with van der Waals surface area (Å²) in [7, 11) is 3.23. The number of nitrogens with one attached hydrogen (secondary N) is 1. The number of carbonyl (C=O) groups excluding carboxylic acids is 2. The monoisotopic (exact) mass is 480 g/mol. The van der Waals surface area contributed by atoms with Gasteiger partial charge >= 0.3 is 0 Å². The molecule has 36 heavy (non-hydrogen) atoms. The number of anilines is 1. The van der Waals surface area contributed by atoms with Gasteiger partial charge in [-0.3, -0.25) is 9.59 Å². The zero-order valence-corrected chi connectivity index (χ0v) is 20.1. The van der Waals surface area contributed by atoms with Crippen LogP contribution in [-0.2, 0) is 4.79 Å². The Bertz CT molecular complexity index is 1610. The highest BCUT2D eigenvalue weighted by atomic mass is 16.5. The first-order valence-corrected chi connectivity index (χ1v) is 11.4. The minimum atomic E-state index is -0.373. The summed E-state index contributed by atoms with van der Waals surface area (Å²) in [6.45, 7) is 1.59. The molecule has 0 unspecified atom stereocenters. The van der Waals surface area contributed by atoms with Gasteiger partial charge in [0.1, 0.15) is 11.5 Å². The second-order valence-electron chi connectivity index (χ2n) is 8.53. The summed E-state index contributed by atoms with van der Waals surface area (Å²) in [5, 5.41) is 9.20. The van der Waals surface area contributed by atoms with Crippen molar-refractivity contribution in [1.29, 1.82) is 0 Å². The van der Waals surface area contributed by atoms with Gasteiger partial charge in [0.2, 0.25) is 5.91 Å². The molecule has 0 saturated heterocycles. The predicted octanol–water partition coefficient (Wildman–Crippen LogP) is 5.07. The van der Waals surface area contributed by atoms with Gasteiger partial charge in [0.15, 0.2) is 5.82 Å². The molecule has 0 radical (unpaired) electrons. The number of aryl methyl sites for hydroxylation is 1. The number of ether oxygens (including phenoxy) is 1. The van der Waals surface area contributed by atoms with E-state index in [0.717, 1.165) is 27.5 Å². The first-order valence-electron chi connectivity index (χ1n) is 11.4. The maximum absolute atomic E-state index is 13.5. The molecular formula is C28H24N4O4. The smallest absolute Gasteiger partial charge is 0.254 e. The van der Waals surface area contributed by atoms with Gasteiger partial charge in [0, 0.05) is 24.1 Å². The van der Waals surface area contributed by atoms with Crippen molar-refractivity contribution in [3.05, 3.63) is 84.1 Å². The van der Waals surface area contributed by atoms with E-state index in [1.54, 1.807) is 33.2 Å². The highest BCUT2D eigenvalue weighted by Crippen LogP contribution is 2.29. The summed E-state index contributed by atoms with van der Waals surface area (Å²) < 4.78 is 10.3. The first-order chi connectivity index (χ1) is 17.4. The fourth-order valence-electron chi connectivity index (χ4n) is 4.11. The van der Waals surface area contributed by atoms with Crippen LogP contribution < -0.4 is 10.1 Å². The molecule has 8 heteroatoms. The fraction of sp³-hybridized carbons (Fsp3) is 0.143. The van der Waals surface area contributed by atoms with Gasteiger partial charge in [-0.1, -0.05) is 41.6 Å². The number of methoxy groups -OCH3 is 1. The molecule has 8 nitrogen and oxygen atoms in total. The van der Waals surface area contributed by atoms with Crippen LogP contribution in [0.4, 0.5) is 5.82 Å². The molecule has 0 aliphatic rings. The molecule has 3 aromatic carbocycles. The lowest BCUT2D eigenvalue weighted by Crippen LogP contribution is -2.35. The SMILES string of the molecule is COc1ccc2cc(-c3cc(C(=O)N(C)CC(=O)Nc4cc(C)on4)c4ccccc4n3)ccc2c1. The number of fused-ring (bicyclic) bond motifs is 2. The molecule has 2 heterocycles. The van der Waals surface area contributed by atoms with Crippen molar-refractivity contribution >= 4 is 39.3 Å². The molecule has 1 N–H and O–H groups in total. The highest BCUT2D eigenvalue weighted by Gasteiger charge is 2.20. The first kappa shape index (κ1) is 23.0. The van der Waals surface area contributed by atoms with Crippen LogP contribution in [0.3, 0.4) is 0 Å². The number of hydrogen-bond acceptors (Lipinski definition) is 6. The zero-order chi connectivity index (χ0) is 25.2. The van der Waals surface area contributed by atoms with E-state index >= 15 is 0 Å². The number of carbonyl (C=O) groups is 2. The van der Waals surface area contributed by atoms with Crippen molar-refractivity contribution in [2.45, 2.75) is 6.92 Å². The van der Waals surface area contributed by atoms with Crippen LogP contribution in [0.5, 0.6) is 5.75 Å². The number of benzene rings is 3. The van der Waals surface area contributed by atoms with Crippen LogP contribution in [0, 0.1) is 6.92 Å². The van der Waals surface area contributed by atoms with Crippen molar-refractivity contribution < 1.29 is 18.8 Å². The van der Waals surface area contributed by atoms with Crippen molar-refractivity contribution in [3.8, 4) is 17.0 Å². The molecule has 2 aromatic heterocycles. The topological polar surface area (TPSA) is 97.6 Å². The standard InChI is InChI=1S/C28H24N4O4/c1-17-12-26(31-36-17)30-27(33)16-32(2)28(34)23-15-25(29-24-7-5-4-6-22(23)24)20-9-8-19-14-21(35-3)11-10-18(19)13-20/h4-15H,16H2,1-3H3,(H,30,31,33). The Hall–Kier alpha value is -4.72. The molecule has 0 spiro atoms. The predicted molar refractivity (Wildman–Crippen MR) is 138 cm³/mol. The maximum atomic E-state index is 13.5. The van der Waals surface area contributed by atoms with Crippen molar-refractivity contribution in [2.24, 2.45) is 0 Å². The lowest BCUT2D eigenvalue weighted by atomic mass is 10.0. The highest BCUT2D eigenvalue weighted by molar-refractivity contribution is 6.08. The molecule has 180 valence electrons. The Morgan fingerprint density at radius 2 is 1.78 bits per heavy atom. The Kier molecular flexibility index (Phi) is 6.08. The second kappa shape index (κ2) is 9.50. The average molecular weight is 481 g/mol. The van der Waals surface area contributed by atoms with E-state index in [9.17, 15) is 9.59 Å². The molecule has 0 aliphatic carbocycles. The van der Waals surface area contributed by atoms with E-state index in [1.807, 2.05) is 60.7 Å². The van der Waals surface area contributed by atoms with Crippen molar-refractivity contribution in [1.82, 2.24) is 15.0 Å². The van der Waals surface area contributed by atoms with Gasteiger partial charge in [-0.2, -0.15) is 0 Å². The fourth-order valence-corrected chi connectivity index (χ4v) is 4.11. The summed E-state index contributed by atoms with van der Waals surface area (Å²) in [5.74, 6) is 1.02. The Labute approximate surface area is 207 Å².